The second-order valence-corrected chi connectivity index (χ2v) is 3.84. The fourth-order valence-electron chi connectivity index (χ4n) is 1.96. The minimum atomic E-state index is 0.113. The van der Waals surface area contributed by atoms with E-state index in [0.717, 1.165) is 31.4 Å². The van der Waals surface area contributed by atoms with E-state index in [1.165, 1.54) is 6.42 Å². The lowest BCUT2D eigenvalue weighted by Crippen LogP contribution is -2.13. The van der Waals surface area contributed by atoms with Gasteiger partial charge in [-0.2, -0.15) is 0 Å². The van der Waals surface area contributed by atoms with Crippen LogP contribution in [0.4, 0.5) is 0 Å². The molecule has 0 fully saturated rings. The van der Waals surface area contributed by atoms with E-state index in [2.05, 4.69) is 11.1 Å². The van der Waals surface area contributed by atoms with Crippen molar-refractivity contribution in [1.29, 1.82) is 0 Å². The quantitative estimate of drug-likeness (QED) is 0.709. The minimum Gasteiger partial charge on any atom is -0.329 e. The highest BCUT2D eigenvalue weighted by molar-refractivity contribution is 6.06. The number of carbonyl (C=O) groups is 1. The van der Waals surface area contributed by atoms with Gasteiger partial charge in [-0.25, -0.2) is 4.98 Å². The zero-order chi connectivity index (χ0) is 10.7. The summed E-state index contributed by atoms with van der Waals surface area (Å²) < 4.78 is 1.90. The third-order valence-electron chi connectivity index (χ3n) is 2.84. The molecule has 3 heteroatoms. The first-order valence-corrected chi connectivity index (χ1v) is 5.57. The van der Waals surface area contributed by atoms with Gasteiger partial charge in [-0.3, -0.25) is 4.79 Å². The molecule has 1 heterocycles. The zero-order valence-corrected chi connectivity index (χ0v) is 9.07. The maximum atomic E-state index is 12.1. The van der Waals surface area contributed by atoms with Crippen molar-refractivity contribution in [1.82, 2.24) is 9.55 Å². The number of hydrogen-bond donors (Lipinski definition) is 0. The molecule has 2 rings (SSSR count). The molecular formula is C12H16N2O. The number of Topliss-reactive ketones (excluding diaryl/α,β-unsaturated/α-hetero) is 1. The molecule has 0 spiro atoms. The summed E-state index contributed by atoms with van der Waals surface area (Å²) in [6.45, 7) is 2.82. The predicted molar refractivity (Wildman–Crippen MR) is 58.8 cm³/mol. The molecular weight excluding hydrogens is 188 g/mol. The van der Waals surface area contributed by atoms with Gasteiger partial charge in [0.05, 0.1) is 0 Å². The lowest BCUT2D eigenvalue weighted by Gasteiger charge is -2.11. The van der Waals surface area contributed by atoms with Gasteiger partial charge in [0.2, 0.25) is 5.78 Å². The lowest BCUT2D eigenvalue weighted by molar-refractivity contribution is 0.101. The van der Waals surface area contributed by atoms with Crippen molar-refractivity contribution in [3.63, 3.8) is 0 Å². The number of rotatable bonds is 3. The number of carbonyl (C=O) groups excluding carboxylic acids is 1. The van der Waals surface area contributed by atoms with E-state index >= 15 is 0 Å². The van der Waals surface area contributed by atoms with Crippen molar-refractivity contribution >= 4 is 5.78 Å². The fourth-order valence-corrected chi connectivity index (χ4v) is 1.96. The van der Waals surface area contributed by atoms with E-state index in [-0.39, 0.29) is 5.78 Å². The van der Waals surface area contributed by atoms with Gasteiger partial charge in [-0.15, -0.1) is 0 Å². The molecule has 1 aromatic rings. The first-order valence-electron chi connectivity index (χ1n) is 5.57. The summed E-state index contributed by atoms with van der Waals surface area (Å²) in [4.78, 5) is 16.2. The molecule has 0 aliphatic heterocycles. The summed E-state index contributed by atoms with van der Waals surface area (Å²) in [6, 6.07) is 0. The van der Waals surface area contributed by atoms with Crippen LogP contribution in [0.5, 0.6) is 0 Å². The molecule has 1 aliphatic rings. The number of imidazole rings is 1. The number of aromatic nitrogens is 2. The maximum Gasteiger partial charge on any atom is 0.224 e. The fraction of sp³-hybridized carbons (Fsp3) is 0.500. The van der Waals surface area contributed by atoms with Crippen LogP contribution in [0.15, 0.2) is 24.0 Å². The summed E-state index contributed by atoms with van der Waals surface area (Å²) in [5.74, 6) is 0.701. The largest absolute Gasteiger partial charge is 0.329 e. The summed E-state index contributed by atoms with van der Waals surface area (Å²) in [5.41, 5.74) is 0.946. The highest BCUT2D eigenvalue weighted by Crippen LogP contribution is 2.20. The van der Waals surface area contributed by atoms with Crippen molar-refractivity contribution in [2.75, 3.05) is 0 Å². The molecule has 0 saturated heterocycles. The van der Waals surface area contributed by atoms with E-state index in [9.17, 15) is 4.79 Å². The molecule has 0 amide bonds. The molecule has 0 unspecified atom stereocenters. The van der Waals surface area contributed by atoms with Crippen LogP contribution in [0.25, 0.3) is 0 Å². The molecule has 0 saturated carbocycles. The molecule has 1 aromatic heterocycles. The van der Waals surface area contributed by atoms with Crippen LogP contribution in [0, 0.1) is 0 Å². The number of hydrogen-bond acceptors (Lipinski definition) is 2. The van der Waals surface area contributed by atoms with E-state index < -0.39 is 0 Å². The first kappa shape index (κ1) is 10.1. The number of aryl methyl sites for hydroxylation is 1. The molecule has 0 atom stereocenters. The van der Waals surface area contributed by atoms with E-state index in [4.69, 9.17) is 0 Å². The average Bonchev–Trinajstić information content (AvgIpc) is 2.77. The zero-order valence-electron chi connectivity index (χ0n) is 9.07. The summed E-state index contributed by atoms with van der Waals surface area (Å²) in [5, 5.41) is 0. The van der Waals surface area contributed by atoms with Gasteiger partial charge in [0, 0.05) is 18.9 Å². The Bertz CT molecular complexity index is 390. The van der Waals surface area contributed by atoms with Crippen LogP contribution in [-0.2, 0) is 6.54 Å². The Labute approximate surface area is 89.8 Å². The van der Waals surface area contributed by atoms with Crippen LogP contribution >= 0.6 is 0 Å². The van der Waals surface area contributed by atoms with Gasteiger partial charge in [-0.05, 0) is 38.2 Å². The summed E-state index contributed by atoms with van der Waals surface area (Å²) in [7, 11) is 0. The van der Waals surface area contributed by atoms with Crippen LogP contribution in [0.3, 0.4) is 0 Å². The van der Waals surface area contributed by atoms with Crippen LogP contribution in [0.2, 0.25) is 0 Å². The Balaban J connectivity index is 2.23. The first-order chi connectivity index (χ1) is 7.33. The van der Waals surface area contributed by atoms with E-state index in [1.54, 1.807) is 6.20 Å². The van der Waals surface area contributed by atoms with E-state index in [0.29, 0.717) is 5.82 Å². The number of nitrogens with zero attached hydrogens (tertiary/aromatic N) is 2. The topological polar surface area (TPSA) is 34.9 Å². The second kappa shape index (κ2) is 4.43. The lowest BCUT2D eigenvalue weighted by atomic mass is 9.96. The van der Waals surface area contributed by atoms with Crippen molar-refractivity contribution in [3.8, 4) is 0 Å². The van der Waals surface area contributed by atoms with Crippen LogP contribution in [-0.4, -0.2) is 15.3 Å². The van der Waals surface area contributed by atoms with Gasteiger partial charge in [-0.1, -0.05) is 6.08 Å². The third-order valence-corrected chi connectivity index (χ3v) is 2.84. The van der Waals surface area contributed by atoms with Crippen molar-refractivity contribution < 1.29 is 4.79 Å². The van der Waals surface area contributed by atoms with Gasteiger partial charge >= 0.3 is 0 Å². The van der Waals surface area contributed by atoms with Crippen LogP contribution in [0.1, 0.15) is 43.2 Å². The monoisotopic (exact) mass is 204 g/mol. The highest BCUT2D eigenvalue weighted by atomic mass is 16.1. The molecule has 0 aromatic carbocycles. The van der Waals surface area contributed by atoms with Crippen molar-refractivity contribution in [3.05, 3.63) is 29.9 Å². The van der Waals surface area contributed by atoms with Crippen molar-refractivity contribution in [2.45, 2.75) is 39.2 Å². The minimum absolute atomic E-state index is 0.113. The standard InChI is InChI=1S/C12H16N2O/c1-2-14-9-8-13-12(14)11(15)10-6-4-3-5-7-10/h6,8-9H,2-5,7H2,1H3. The number of allylic oxidation sites excluding steroid dienone is 2. The van der Waals surface area contributed by atoms with Gasteiger partial charge < -0.3 is 4.57 Å². The van der Waals surface area contributed by atoms with E-state index in [1.807, 2.05) is 17.7 Å². The Kier molecular flexibility index (Phi) is 2.99. The highest BCUT2D eigenvalue weighted by Gasteiger charge is 2.18. The Morgan fingerprint density at radius 2 is 2.40 bits per heavy atom. The SMILES string of the molecule is CCn1ccnc1C(=O)C1=CCCCC1. The molecule has 0 radical (unpaired) electrons. The molecule has 0 bridgehead atoms. The molecule has 3 nitrogen and oxygen atoms in total. The Morgan fingerprint density at radius 3 is 3.07 bits per heavy atom. The second-order valence-electron chi connectivity index (χ2n) is 3.84. The van der Waals surface area contributed by atoms with Gasteiger partial charge in [0.1, 0.15) is 0 Å². The maximum absolute atomic E-state index is 12.1. The molecule has 80 valence electrons. The van der Waals surface area contributed by atoms with Crippen molar-refractivity contribution in [2.24, 2.45) is 0 Å². The smallest absolute Gasteiger partial charge is 0.224 e. The third kappa shape index (κ3) is 2.01. The van der Waals surface area contributed by atoms with Gasteiger partial charge in [0.15, 0.2) is 5.82 Å². The Hall–Kier alpha value is -1.38. The normalized spacial score (nSPS) is 16.2. The summed E-state index contributed by atoms with van der Waals surface area (Å²) in [6.07, 6.45) is 9.91. The van der Waals surface area contributed by atoms with Gasteiger partial charge in [0.25, 0.3) is 0 Å². The molecule has 1 aliphatic carbocycles. The Morgan fingerprint density at radius 1 is 1.53 bits per heavy atom. The molecule has 15 heavy (non-hydrogen) atoms. The summed E-state index contributed by atoms with van der Waals surface area (Å²) >= 11 is 0. The average molecular weight is 204 g/mol. The van der Waals surface area contributed by atoms with Crippen LogP contribution < -0.4 is 0 Å². The number of ketones is 1. The molecule has 0 N–H and O–H groups in total. The predicted octanol–water partition coefficient (Wildman–Crippen LogP) is 2.59.